The fourth-order valence-corrected chi connectivity index (χ4v) is 1.95. The van der Waals surface area contributed by atoms with E-state index in [2.05, 4.69) is 23.1 Å². The fraction of sp³-hybridized carbons (Fsp3) is 0.125. The van der Waals surface area contributed by atoms with E-state index < -0.39 is 0 Å². The monoisotopic (exact) mass is 251 g/mol. The highest BCUT2D eigenvalue weighted by Crippen LogP contribution is 2.25. The average molecular weight is 251 g/mol. The van der Waals surface area contributed by atoms with E-state index in [-0.39, 0.29) is 0 Å². The first-order chi connectivity index (χ1) is 9.26. The van der Waals surface area contributed by atoms with Crippen molar-refractivity contribution in [1.29, 1.82) is 0 Å². The summed E-state index contributed by atoms with van der Waals surface area (Å²) >= 11 is 0. The number of hydrogen-bond acceptors (Lipinski definition) is 3. The lowest BCUT2D eigenvalue weighted by molar-refractivity contribution is 1.17. The third-order valence-corrected chi connectivity index (χ3v) is 2.89. The zero-order valence-electron chi connectivity index (χ0n) is 10.8. The van der Waals surface area contributed by atoms with E-state index in [0.29, 0.717) is 5.69 Å². The summed E-state index contributed by atoms with van der Waals surface area (Å²) < 4.78 is 0. The van der Waals surface area contributed by atoms with Gasteiger partial charge in [0.25, 0.3) is 0 Å². The maximum Gasteiger partial charge on any atom is 0.112 e. The van der Waals surface area contributed by atoms with E-state index >= 15 is 0 Å². The van der Waals surface area contributed by atoms with Gasteiger partial charge in [0.15, 0.2) is 0 Å². The first-order valence-electron chi connectivity index (χ1n) is 6.16. The molecule has 0 saturated heterocycles. The van der Waals surface area contributed by atoms with Crippen molar-refractivity contribution < 1.29 is 0 Å². The molecule has 96 valence electrons. The van der Waals surface area contributed by atoms with Crippen molar-refractivity contribution in [2.75, 3.05) is 5.73 Å². The zero-order chi connectivity index (χ0) is 13.7. The van der Waals surface area contributed by atoms with Crippen LogP contribution in [0.2, 0.25) is 0 Å². The van der Waals surface area contributed by atoms with Crippen LogP contribution in [-0.2, 0) is 12.8 Å². The lowest BCUT2D eigenvalue weighted by Crippen LogP contribution is -2.00. The van der Waals surface area contributed by atoms with Crippen LogP contribution < -0.4 is 5.73 Å². The van der Waals surface area contributed by atoms with Crippen LogP contribution in [0.3, 0.4) is 0 Å². The molecule has 0 aliphatic rings. The van der Waals surface area contributed by atoms with Gasteiger partial charge in [-0.05, 0) is 42.2 Å². The molecule has 2 aromatic heterocycles. The lowest BCUT2D eigenvalue weighted by atomic mass is 10.1. The average Bonchev–Trinajstić information content (AvgIpc) is 2.42. The molecule has 0 spiro atoms. The Morgan fingerprint density at radius 3 is 2.53 bits per heavy atom. The first-order valence-corrected chi connectivity index (χ1v) is 6.16. The smallest absolute Gasteiger partial charge is 0.112 e. The highest BCUT2D eigenvalue weighted by atomic mass is 14.8. The zero-order valence-corrected chi connectivity index (χ0v) is 10.8. The molecule has 0 atom stereocenters. The molecule has 3 nitrogen and oxygen atoms in total. The van der Waals surface area contributed by atoms with Gasteiger partial charge in [-0.3, -0.25) is 9.97 Å². The molecule has 0 saturated carbocycles. The standard InChI is InChI=1S/C16H17N3/c1-3-5-12-7-9-18-14(11-12)16-15(17)13(6-4-2)8-10-19-16/h3-4,7-11H,1-2,5-6,17H2. The molecule has 0 unspecified atom stereocenters. The van der Waals surface area contributed by atoms with Crippen LogP contribution >= 0.6 is 0 Å². The Labute approximate surface area is 113 Å². The van der Waals surface area contributed by atoms with Gasteiger partial charge in [0, 0.05) is 12.4 Å². The second-order valence-electron chi connectivity index (χ2n) is 4.27. The Kier molecular flexibility index (Phi) is 4.08. The molecule has 0 aromatic carbocycles. The molecule has 2 aromatic rings. The van der Waals surface area contributed by atoms with Crippen molar-refractivity contribution in [2.24, 2.45) is 0 Å². The maximum absolute atomic E-state index is 6.16. The predicted octanol–water partition coefficient (Wildman–Crippen LogP) is 3.18. The molecule has 0 bridgehead atoms. The third-order valence-electron chi connectivity index (χ3n) is 2.89. The Morgan fingerprint density at radius 1 is 1.05 bits per heavy atom. The van der Waals surface area contributed by atoms with Crippen LogP contribution in [0.25, 0.3) is 11.4 Å². The Hall–Kier alpha value is -2.42. The van der Waals surface area contributed by atoms with Crippen LogP contribution in [0.4, 0.5) is 5.69 Å². The van der Waals surface area contributed by atoms with E-state index in [0.717, 1.165) is 35.4 Å². The number of pyridine rings is 2. The van der Waals surface area contributed by atoms with Gasteiger partial charge >= 0.3 is 0 Å². The number of anilines is 1. The van der Waals surface area contributed by atoms with Crippen molar-refractivity contribution in [3.8, 4) is 11.4 Å². The van der Waals surface area contributed by atoms with Gasteiger partial charge in [0.1, 0.15) is 5.69 Å². The quantitative estimate of drug-likeness (QED) is 0.830. The van der Waals surface area contributed by atoms with Crippen LogP contribution in [-0.4, -0.2) is 9.97 Å². The van der Waals surface area contributed by atoms with E-state index in [1.165, 1.54) is 0 Å². The molecule has 0 fully saturated rings. The number of allylic oxidation sites excluding steroid dienone is 2. The summed E-state index contributed by atoms with van der Waals surface area (Å²) in [6, 6.07) is 5.88. The molecule has 0 aliphatic heterocycles. The van der Waals surface area contributed by atoms with Crippen molar-refractivity contribution in [1.82, 2.24) is 9.97 Å². The summed E-state index contributed by atoms with van der Waals surface area (Å²) in [4.78, 5) is 8.70. The van der Waals surface area contributed by atoms with E-state index in [1.54, 1.807) is 12.4 Å². The van der Waals surface area contributed by atoms with Gasteiger partial charge < -0.3 is 5.73 Å². The summed E-state index contributed by atoms with van der Waals surface area (Å²) in [5.41, 5.74) is 10.5. The lowest BCUT2D eigenvalue weighted by Gasteiger charge is -2.09. The van der Waals surface area contributed by atoms with Crippen LogP contribution in [0.5, 0.6) is 0 Å². The maximum atomic E-state index is 6.16. The minimum absolute atomic E-state index is 0.672. The molecule has 19 heavy (non-hydrogen) atoms. The van der Waals surface area contributed by atoms with Crippen LogP contribution in [0.1, 0.15) is 11.1 Å². The summed E-state index contributed by atoms with van der Waals surface area (Å²) in [5.74, 6) is 0. The van der Waals surface area contributed by atoms with Crippen LogP contribution in [0, 0.1) is 0 Å². The van der Waals surface area contributed by atoms with E-state index in [9.17, 15) is 0 Å². The number of nitrogen functional groups attached to an aromatic ring is 1. The number of aromatic nitrogens is 2. The third kappa shape index (κ3) is 2.88. The van der Waals surface area contributed by atoms with Gasteiger partial charge in [-0.25, -0.2) is 0 Å². The molecule has 0 amide bonds. The summed E-state index contributed by atoms with van der Waals surface area (Å²) in [5, 5.41) is 0. The second-order valence-corrected chi connectivity index (χ2v) is 4.27. The van der Waals surface area contributed by atoms with E-state index in [4.69, 9.17) is 5.73 Å². The van der Waals surface area contributed by atoms with Crippen molar-refractivity contribution in [2.45, 2.75) is 12.8 Å². The predicted molar refractivity (Wildman–Crippen MR) is 79.7 cm³/mol. The molecule has 2 rings (SSSR count). The van der Waals surface area contributed by atoms with E-state index in [1.807, 2.05) is 30.4 Å². The Balaban J connectivity index is 2.46. The van der Waals surface area contributed by atoms with Crippen molar-refractivity contribution >= 4 is 5.69 Å². The highest BCUT2D eigenvalue weighted by Gasteiger charge is 2.09. The Bertz CT molecular complexity index is 603. The fourth-order valence-electron chi connectivity index (χ4n) is 1.95. The molecule has 2 heterocycles. The molecule has 3 heteroatoms. The number of nitrogens with two attached hydrogens (primary N) is 1. The minimum Gasteiger partial charge on any atom is -0.397 e. The summed E-state index contributed by atoms with van der Waals surface area (Å²) in [7, 11) is 0. The number of nitrogens with zero attached hydrogens (tertiary/aromatic N) is 2. The molecule has 0 radical (unpaired) electrons. The van der Waals surface area contributed by atoms with Crippen LogP contribution in [0.15, 0.2) is 55.9 Å². The molecular weight excluding hydrogens is 234 g/mol. The van der Waals surface area contributed by atoms with Gasteiger partial charge in [-0.1, -0.05) is 12.2 Å². The molecule has 2 N–H and O–H groups in total. The second kappa shape index (κ2) is 5.96. The molecular formula is C16H17N3. The van der Waals surface area contributed by atoms with Crippen molar-refractivity contribution in [3.63, 3.8) is 0 Å². The minimum atomic E-state index is 0.672. The molecule has 0 aliphatic carbocycles. The first kappa shape index (κ1) is 13.0. The number of rotatable bonds is 5. The van der Waals surface area contributed by atoms with Gasteiger partial charge in [-0.15, -0.1) is 13.2 Å². The number of hydrogen-bond donors (Lipinski definition) is 1. The SMILES string of the molecule is C=CCc1ccnc(-c2nccc(CC=C)c2N)c1. The van der Waals surface area contributed by atoms with Crippen molar-refractivity contribution in [3.05, 3.63) is 67.0 Å². The normalized spacial score (nSPS) is 10.1. The van der Waals surface area contributed by atoms with Gasteiger partial charge in [-0.2, -0.15) is 0 Å². The summed E-state index contributed by atoms with van der Waals surface area (Å²) in [6.45, 7) is 7.48. The Morgan fingerprint density at radius 2 is 1.79 bits per heavy atom. The van der Waals surface area contributed by atoms with Gasteiger partial charge in [0.05, 0.1) is 11.4 Å². The summed E-state index contributed by atoms with van der Waals surface area (Å²) in [6.07, 6.45) is 8.76. The van der Waals surface area contributed by atoms with Gasteiger partial charge in [0.2, 0.25) is 0 Å². The topological polar surface area (TPSA) is 51.8 Å². The highest BCUT2D eigenvalue weighted by molar-refractivity contribution is 5.72. The largest absolute Gasteiger partial charge is 0.397 e.